The molecule has 118 valence electrons. The van der Waals surface area contributed by atoms with Crippen LogP contribution in [0.3, 0.4) is 0 Å². The number of thiazole rings is 1. The van der Waals surface area contributed by atoms with Crippen LogP contribution in [-0.2, 0) is 11.3 Å². The molecule has 1 aromatic carbocycles. The van der Waals surface area contributed by atoms with E-state index in [-0.39, 0.29) is 12.3 Å². The number of furan rings is 1. The number of pyridine rings is 1. The second-order valence-electron chi connectivity index (χ2n) is 5.09. The number of rotatable bonds is 4. The fourth-order valence-electron chi connectivity index (χ4n) is 2.28. The molecule has 3 heterocycles. The number of esters is 1. The molecular weight excluding hydrogens is 324 g/mol. The summed E-state index contributed by atoms with van der Waals surface area (Å²) in [6.07, 6.45) is 1.60. The summed E-state index contributed by atoms with van der Waals surface area (Å²) >= 11 is 1.44. The molecule has 0 N–H and O–H groups in total. The Kier molecular flexibility index (Phi) is 3.80. The maximum absolute atomic E-state index is 12.2. The first kappa shape index (κ1) is 14.6. The van der Waals surface area contributed by atoms with E-state index in [1.54, 1.807) is 12.3 Å². The molecule has 0 aliphatic rings. The molecule has 5 nitrogen and oxygen atoms in total. The topological polar surface area (TPSA) is 65.2 Å². The summed E-state index contributed by atoms with van der Waals surface area (Å²) in [5.74, 6) is 0.238. The number of fused-ring (bicyclic) bond motifs is 1. The number of para-hydroxylation sites is 1. The fraction of sp³-hybridized carbons (Fsp3) is 0.0556. The number of nitrogens with zero attached hydrogens (tertiary/aromatic N) is 2. The Hall–Kier alpha value is -2.99. The third-order valence-electron chi connectivity index (χ3n) is 3.44. The van der Waals surface area contributed by atoms with Gasteiger partial charge < -0.3 is 9.15 Å². The van der Waals surface area contributed by atoms with Gasteiger partial charge in [0, 0.05) is 10.8 Å². The van der Waals surface area contributed by atoms with Crippen molar-refractivity contribution in [3.63, 3.8) is 0 Å². The molecule has 0 amide bonds. The highest BCUT2D eigenvalue weighted by Crippen LogP contribution is 2.24. The van der Waals surface area contributed by atoms with E-state index in [1.165, 1.54) is 11.3 Å². The maximum atomic E-state index is 12.2. The predicted molar refractivity (Wildman–Crippen MR) is 90.7 cm³/mol. The molecule has 0 aliphatic carbocycles. The van der Waals surface area contributed by atoms with E-state index in [0.29, 0.717) is 11.5 Å². The standard InChI is InChI=1S/C18H12N2O3S/c21-18(15-8-7-12-4-1-2-5-14(12)20-15)23-10-13-11-24-17(19-13)16-6-3-9-22-16/h1-9,11H,10H2. The Morgan fingerprint density at radius 1 is 1.08 bits per heavy atom. The Balaban J connectivity index is 1.46. The second kappa shape index (κ2) is 6.25. The zero-order valence-electron chi connectivity index (χ0n) is 12.5. The van der Waals surface area contributed by atoms with Crippen molar-refractivity contribution in [2.24, 2.45) is 0 Å². The summed E-state index contributed by atoms with van der Waals surface area (Å²) in [5, 5.41) is 3.59. The van der Waals surface area contributed by atoms with Gasteiger partial charge in [-0.05, 0) is 24.3 Å². The molecule has 0 fully saturated rings. The zero-order valence-corrected chi connectivity index (χ0v) is 13.3. The summed E-state index contributed by atoms with van der Waals surface area (Å²) in [5.41, 5.74) is 1.73. The van der Waals surface area contributed by atoms with Gasteiger partial charge >= 0.3 is 5.97 Å². The van der Waals surface area contributed by atoms with Gasteiger partial charge in [-0.3, -0.25) is 0 Å². The first-order chi connectivity index (χ1) is 11.8. The number of carbonyl (C=O) groups excluding carboxylic acids is 1. The Bertz CT molecular complexity index is 992. The third kappa shape index (κ3) is 2.91. The van der Waals surface area contributed by atoms with Crippen LogP contribution in [-0.4, -0.2) is 15.9 Å². The first-order valence-electron chi connectivity index (χ1n) is 7.31. The molecule has 0 saturated carbocycles. The largest absolute Gasteiger partial charge is 0.462 e. The van der Waals surface area contributed by atoms with Crippen LogP contribution >= 0.6 is 11.3 Å². The van der Waals surface area contributed by atoms with Crippen molar-refractivity contribution < 1.29 is 13.9 Å². The van der Waals surface area contributed by atoms with Crippen LogP contribution < -0.4 is 0 Å². The van der Waals surface area contributed by atoms with Gasteiger partial charge in [0.15, 0.2) is 10.8 Å². The highest BCUT2D eigenvalue weighted by Gasteiger charge is 2.12. The molecule has 0 unspecified atom stereocenters. The monoisotopic (exact) mass is 336 g/mol. The molecular formula is C18H12N2O3S. The Morgan fingerprint density at radius 3 is 2.88 bits per heavy atom. The third-order valence-corrected chi connectivity index (χ3v) is 4.35. The van der Waals surface area contributed by atoms with E-state index in [0.717, 1.165) is 15.9 Å². The molecule has 0 atom stereocenters. The highest BCUT2D eigenvalue weighted by molar-refractivity contribution is 7.13. The number of benzene rings is 1. The van der Waals surface area contributed by atoms with Crippen molar-refractivity contribution in [3.05, 3.63) is 71.6 Å². The van der Waals surface area contributed by atoms with Gasteiger partial charge in [-0.25, -0.2) is 14.8 Å². The number of aromatic nitrogens is 2. The fourth-order valence-corrected chi connectivity index (χ4v) is 3.05. The van der Waals surface area contributed by atoms with E-state index < -0.39 is 5.97 Å². The minimum Gasteiger partial charge on any atom is -0.462 e. The number of carbonyl (C=O) groups is 1. The number of ether oxygens (including phenoxy) is 1. The summed E-state index contributed by atoms with van der Waals surface area (Å²) < 4.78 is 10.6. The lowest BCUT2D eigenvalue weighted by molar-refractivity contribution is 0.0462. The van der Waals surface area contributed by atoms with Gasteiger partial charge in [0.2, 0.25) is 0 Å². The van der Waals surface area contributed by atoms with Crippen molar-refractivity contribution in [1.29, 1.82) is 0 Å². The summed E-state index contributed by atoms with van der Waals surface area (Å²) in [4.78, 5) is 20.9. The molecule has 3 aromatic heterocycles. The number of hydrogen-bond acceptors (Lipinski definition) is 6. The molecule has 0 aliphatic heterocycles. The predicted octanol–water partition coefficient (Wildman–Crippen LogP) is 4.31. The maximum Gasteiger partial charge on any atom is 0.357 e. The van der Waals surface area contributed by atoms with Gasteiger partial charge in [-0.15, -0.1) is 11.3 Å². The summed E-state index contributed by atoms with van der Waals surface area (Å²) in [6.45, 7) is 0.102. The quantitative estimate of drug-likeness (QED) is 0.520. The van der Waals surface area contributed by atoms with Crippen molar-refractivity contribution in [1.82, 2.24) is 9.97 Å². The SMILES string of the molecule is O=C(OCc1csc(-c2ccco2)n1)c1ccc2ccccc2n1. The van der Waals surface area contributed by atoms with Gasteiger partial charge in [-0.1, -0.05) is 24.3 Å². The van der Waals surface area contributed by atoms with Gasteiger partial charge in [0.05, 0.1) is 17.5 Å². The van der Waals surface area contributed by atoms with E-state index in [2.05, 4.69) is 9.97 Å². The lowest BCUT2D eigenvalue weighted by atomic mass is 10.2. The molecule has 0 bridgehead atoms. The van der Waals surface area contributed by atoms with Crippen LogP contribution in [0.4, 0.5) is 0 Å². The molecule has 0 radical (unpaired) electrons. The summed E-state index contributed by atoms with van der Waals surface area (Å²) in [6, 6.07) is 14.8. The van der Waals surface area contributed by atoms with Crippen molar-refractivity contribution in [3.8, 4) is 10.8 Å². The van der Waals surface area contributed by atoms with E-state index in [1.807, 2.05) is 47.8 Å². The molecule has 0 spiro atoms. The average molecular weight is 336 g/mol. The van der Waals surface area contributed by atoms with Crippen LogP contribution in [0.25, 0.3) is 21.7 Å². The van der Waals surface area contributed by atoms with E-state index in [4.69, 9.17) is 9.15 Å². The number of hydrogen-bond donors (Lipinski definition) is 0. The highest BCUT2D eigenvalue weighted by atomic mass is 32.1. The molecule has 24 heavy (non-hydrogen) atoms. The molecule has 4 aromatic rings. The van der Waals surface area contributed by atoms with Gasteiger partial charge in [-0.2, -0.15) is 0 Å². The molecule has 6 heteroatoms. The summed E-state index contributed by atoms with van der Waals surface area (Å²) in [7, 11) is 0. The van der Waals surface area contributed by atoms with Crippen LogP contribution in [0.15, 0.2) is 64.6 Å². The zero-order chi connectivity index (χ0) is 16.4. The lowest BCUT2D eigenvalue weighted by Crippen LogP contribution is -2.07. The van der Waals surface area contributed by atoms with Gasteiger partial charge in [0.1, 0.15) is 12.3 Å². The normalized spacial score (nSPS) is 10.8. The molecule has 0 saturated heterocycles. The van der Waals surface area contributed by atoms with Crippen molar-refractivity contribution in [2.75, 3.05) is 0 Å². The minimum atomic E-state index is -0.465. The van der Waals surface area contributed by atoms with Crippen molar-refractivity contribution in [2.45, 2.75) is 6.61 Å². The first-order valence-corrected chi connectivity index (χ1v) is 8.19. The van der Waals surface area contributed by atoms with Crippen LogP contribution in [0, 0.1) is 0 Å². The van der Waals surface area contributed by atoms with E-state index >= 15 is 0 Å². The van der Waals surface area contributed by atoms with Gasteiger partial charge in [0.25, 0.3) is 0 Å². The smallest absolute Gasteiger partial charge is 0.357 e. The van der Waals surface area contributed by atoms with Crippen LogP contribution in [0.1, 0.15) is 16.2 Å². The van der Waals surface area contributed by atoms with Crippen molar-refractivity contribution >= 4 is 28.2 Å². The van der Waals surface area contributed by atoms with Crippen LogP contribution in [0.5, 0.6) is 0 Å². The Labute approximate surface area is 141 Å². The Morgan fingerprint density at radius 2 is 2.00 bits per heavy atom. The second-order valence-corrected chi connectivity index (χ2v) is 5.94. The molecule has 4 rings (SSSR count). The minimum absolute atomic E-state index is 0.102. The lowest BCUT2D eigenvalue weighted by Gasteiger charge is -2.03. The average Bonchev–Trinajstić information content (AvgIpc) is 3.30. The van der Waals surface area contributed by atoms with E-state index in [9.17, 15) is 4.79 Å². The van der Waals surface area contributed by atoms with Crippen LogP contribution in [0.2, 0.25) is 0 Å².